The average Bonchev–Trinajstić information content (AvgIpc) is 2.54. The van der Waals surface area contributed by atoms with Gasteiger partial charge < -0.3 is 10.4 Å². The van der Waals surface area contributed by atoms with Crippen LogP contribution in [0, 0.1) is 19.8 Å². The number of thiophene rings is 1. The molecule has 1 atom stereocenters. The van der Waals surface area contributed by atoms with Gasteiger partial charge in [0.25, 0.3) is 0 Å². The number of hydrogen-bond donors (Lipinski definition) is 2. The summed E-state index contributed by atoms with van der Waals surface area (Å²) in [5, 5.41) is 11.4. The van der Waals surface area contributed by atoms with E-state index in [9.17, 15) is 9.59 Å². The molecule has 0 radical (unpaired) electrons. The van der Waals surface area contributed by atoms with Crippen molar-refractivity contribution in [2.24, 2.45) is 5.92 Å². The van der Waals surface area contributed by atoms with Crippen molar-refractivity contribution in [3.63, 3.8) is 0 Å². The predicted molar refractivity (Wildman–Crippen MR) is 71.7 cm³/mol. The van der Waals surface area contributed by atoms with Crippen LogP contribution in [0.3, 0.4) is 0 Å². The van der Waals surface area contributed by atoms with Crippen LogP contribution in [0.15, 0.2) is 6.07 Å². The molecular weight excluding hydrogens is 250 g/mol. The fourth-order valence-electron chi connectivity index (χ4n) is 1.68. The van der Waals surface area contributed by atoms with Crippen LogP contribution in [-0.2, 0) is 16.1 Å². The molecule has 1 aromatic heterocycles. The summed E-state index contributed by atoms with van der Waals surface area (Å²) in [7, 11) is 0. The Hall–Kier alpha value is -1.36. The van der Waals surface area contributed by atoms with Crippen molar-refractivity contribution in [3.05, 3.63) is 21.4 Å². The van der Waals surface area contributed by atoms with Crippen molar-refractivity contribution in [2.45, 2.75) is 40.2 Å². The molecule has 0 bridgehead atoms. The standard InChI is InChI=1S/C13H19NO3S/c1-8(5-13(16)17)4-12(15)14-7-11-6-9(2)10(3)18-11/h6,8H,4-5,7H2,1-3H3,(H,14,15)(H,16,17). The molecule has 1 heterocycles. The molecule has 0 aliphatic carbocycles. The van der Waals surface area contributed by atoms with Gasteiger partial charge in [0, 0.05) is 22.6 Å². The number of carbonyl (C=O) groups is 2. The lowest BCUT2D eigenvalue weighted by Gasteiger charge is -2.08. The number of aryl methyl sites for hydroxylation is 2. The number of carboxylic acid groups (broad SMARTS) is 1. The number of carboxylic acids is 1. The third kappa shape index (κ3) is 4.87. The van der Waals surface area contributed by atoms with Crippen LogP contribution in [0.5, 0.6) is 0 Å². The van der Waals surface area contributed by atoms with Crippen LogP contribution in [-0.4, -0.2) is 17.0 Å². The molecule has 0 saturated heterocycles. The van der Waals surface area contributed by atoms with Crippen LogP contribution < -0.4 is 5.32 Å². The number of amides is 1. The summed E-state index contributed by atoms with van der Waals surface area (Å²) in [5.41, 5.74) is 1.24. The first-order valence-electron chi connectivity index (χ1n) is 5.93. The summed E-state index contributed by atoms with van der Waals surface area (Å²) < 4.78 is 0. The molecule has 18 heavy (non-hydrogen) atoms. The van der Waals surface area contributed by atoms with E-state index in [1.165, 1.54) is 10.4 Å². The molecule has 4 nitrogen and oxygen atoms in total. The van der Waals surface area contributed by atoms with Crippen LogP contribution in [0.1, 0.15) is 35.1 Å². The molecule has 0 aliphatic heterocycles. The molecule has 0 aromatic carbocycles. The molecule has 1 unspecified atom stereocenters. The Bertz CT molecular complexity index is 420. The largest absolute Gasteiger partial charge is 0.481 e. The van der Waals surface area contributed by atoms with Crippen LogP contribution in [0.25, 0.3) is 0 Å². The Kier molecular flexibility index (Phi) is 5.34. The molecule has 0 fully saturated rings. The fourth-order valence-corrected chi connectivity index (χ4v) is 2.67. The number of hydrogen-bond acceptors (Lipinski definition) is 3. The molecule has 0 saturated carbocycles. The van der Waals surface area contributed by atoms with Gasteiger partial charge in [-0.15, -0.1) is 11.3 Å². The van der Waals surface area contributed by atoms with E-state index >= 15 is 0 Å². The smallest absolute Gasteiger partial charge is 0.303 e. The van der Waals surface area contributed by atoms with E-state index in [4.69, 9.17) is 5.11 Å². The second kappa shape index (κ2) is 6.54. The lowest BCUT2D eigenvalue weighted by molar-refractivity contribution is -0.138. The quantitative estimate of drug-likeness (QED) is 0.833. The molecular formula is C13H19NO3S. The van der Waals surface area contributed by atoms with Gasteiger partial charge in [-0.2, -0.15) is 0 Å². The van der Waals surface area contributed by atoms with Gasteiger partial charge in [-0.1, -0.05) is 6.92 Å². The minimum Gasteiger partial charge on any atom is -0.481 e. The molecule has 1 amide bonds. The van der Waals surface area contributed by atoms with Gasteiger partial charge in [0.05, 0.1) is 6.54 Å². The minimum absolute atomic E-state index is 0.0324. The Morgan fingerprint density at radius 3 is 2.56 bits per heavy atom. The summed E-state index contributed by atoms with van der Waals surface area (Å²) >= 11 is 1.68. The highest BCUT2D eigenvalue weighted by Crippen LogP contribution is 2.20. The average molecular weight is 269 g/mol. The van der Waals surface area contributed by atoms with Gasteiger partial charge in [0.2, 0.25) is 5.91 Å². The topological polar surface area (TPSA) is 66.4 Å². The maximum atomic E-state index is 11.6. The zero-order valence-corrected chi connectivity index (χ0v) is 11.8. The van der Waals surface area contributed by atoms with E-state index in [1.54, 1.807) is 18.3 Å². The monoisotopic (exact) mass is 269 g/mol. The van der Waals surface area contributed by atoms with Crippen LogP contribution in [0.2, 0.25) is 0 Å². The molecule has 100 valence electrons. The lowest BCUT2D eigenvalue weighted by Crippen LogP contribution is -2.24. The molecule has 1 rings (SSSR count). The zero-order chi connectivity index (χ0) is 13.7. The third-order valence-corrected chi connectivity index (χ3v) is 3.89. The molecule has 1 aromatic rings. The van der Waals surface area contributed by atoms with Gasteiger partial charge in [0.15, 0.2) is 0 Å². The first kappa shape index (κ1) is 14.7. The van der Waals surface area contributed by atoms with Crippen molar-refractivity contribution in [3.8, 4) is 0 Å². The predicted octanol–water partition coefficient (Wildman–Crippen LogP) is 2.48. The lowest BCUT2D eigenvalue weighted by atomic mass is 10.0. The van der Waals surface area contributed by atoms with Crippen LogP contribution >= 0.6 is 11.3 Å². The first-order valence-corrected chi connectivity index (χ1v) is 6.74. The van der Waals surface area contributed by atoms with E-state index in [0.717, 1.165) is 4.88 Å². The Labute approximate surface area is 111 Å². The second-order valence-corrected chi connectivity index (χ2v) is 5.98. The van der Waals surface area contributed by atoms with Crippen LogP contribution in [0.4, 0.5) is 0 Å². The maximum absolute atomic E-state index is 11.6. The van der Waals surface area contributed by atoms with Crippen molar-refractivity contribution >= 4 is 23.2 Å². The van der Waals surface area contributed by atoms with Gasteiger partial charge in [-0.3, -0.25) is 9.59 Å². The Morgan fingerprint density at radius 2 is 2.06 bits per heavy atom. The molecule has 2 N–H and O–H groups in total. The van der Waals surface area contributed by atoms with Gasteiger partial charge in [0.1, 0.15) is 0 Å². The molecule has 0 spiro atoms. The van der Waals surface area contributed by atoms with Gasteiger partial charge >= 0.3 is 5.97 Å². The van der Waals surface area contributed by atoms with Crippen molar-refractivity contribution in [1.29, 1.82) is 0 Å². The number of aliphatic carboxylic acids is 1. The summed E-state index contributed by atoms with van der Waals surface area (Å²) in [6.07, 6.45) is 0.292. The highest BCUT2D eigenvalue weighted by atomic mass is 32.1. The summed E-state index contributed by atoms with van der Waals surface area (Å²) in [6, 6.07) is 2.07. The van der Waals surface area contributed by atoms with E-state index in [0.29, 0.717) is 6.54 Å². The summed E-state index contributed by atoms with van der Waals surface area (Å²) in [6.45, 7) is 6.40. The Morgan fingerprint density at radius 1 is 1.39 bits per heavy atom. The summed E-state index contributed by atoms with van der Waals surface area (Å²) in [4.78, 5) is 24.5. The van der Waals surface area contributed by atoms with E-state index < -0.39 is 5.97 Å². The third-order valence-electron chi connectivity index (χ3n) is 2.73. The van der Waals surface area contributed by atoms with Gasteiger partial charge in [-0.25, -0.2) is 0 Å². The SMILES string of the molecule is Cc1cc(CNC(=O)CC(C)CC(=O)O)sc1C. The van der Waals surface area contributed by atoms with Crippen molar-refractivity contribution < 1.29 is 14.7 Å². The van der Waals surface area contributed by atoms with Gasteiger partial charge in [-0.05, 0) is 31.4 Å². The van der Waals surface area contributed by atoms with Crippen molar-refractivity contribution in [2.75, 3.05) is 0 Å². The van der Waals surface area contributed by atoms with E-state index in [1.807, 2.05) is 6.92 Å². The van der Waals surface area contributed by atoms with E-state index in [2.05, 4.69) is 18.3 Å². The normalized spacial score (nSPS) is 12.2. The van der Waals surface area contributed by atoms with E-state index in [-0.39, 0.29) is 24.7 Å². The number of carbonyl (C=O) groups excluding carboxylic acids is 1. The first-order chi connectivity index (χ1) is 8.38. The zero-order valence-electron chi connectivity index (χ0n) is 10.9. The fraction of sp³-hybridized carbons (Fsp3) is 0.538. The second-order valence-electron chi connectivity index (χ2n) is 4.64. The highest BCUT2D eigenvalue weighted by Gasteiger charge is 2.12. The summed E-state index contributed by atoms with van der Waals surface area (Å²) in [5.74, 6) is -1.08. The molecule has 0 aliphatic rings. The highest BCUT2D eigenvalue weighted by molar-refractivity contribution is 7.12. The van der Waals surface area contributed by atoms with Crippen molar-refractivity contribution in [1.82, 2.24) is 5.32 Å². The number of rotatable bonds is 6. The minimum atomic E-state index is -0.861. The number of nitrogens with one attached hydrogen (secondary N) is 1. The molecule has 5 heteroatoms. The Balaban J connectivity index is 2.35. The maximum Gasteiger partial charge on any atom is 0.303 e.